The van der Waals surface area contributed by atoms with E-state index in [4.69, 9.17) is 38.8 Å². The van der Waals surface area contributed by atoms with Crippen molar-refractivity contribution in [3.63, 3.8) is 0 Å². The van der Waals surface area contributed by atoms with E-state index in [0.717, 1.165) is 0 Å². The topological polar surface area (TPSA) is 264 Å². The molecule has 35 heavy (non-hydrogen) atoms. The Morgan fingerprint density at radius 3 is 2.29 bits per heavy atom. The summed E-state index contributed by atoms with van der Waals surface area (Å²) in [5, 5.41) is 38.8. The van der Waals surface area contributed by atoms with Crippen molar-refractivity contribution in [3.05, 3.63) is 41.5 Å². The molecule has 0 saturated heterocycles. The molecule has 14 nitrogen and oxygen atoms in total. The molecular formula is C21H30N10O4. The van der Waals surface area contributed by atoms with Crippen LogP contribution in [0.4, 0.5) is 0 Å². The lowest BCUT2D eigenvalue weighted by molar-refractivity contribution is 0.383. The maximum atomic E-state index is 10.6. The number of nitrogens with one attached hydrogen (secondary N) is 1. The number of nitrogens with two attached hydrogens (primary N) is 5. The van der Waals surface area contributed by atoms with Gasteiger partial charge in [0.1, 0.15) is 5.75 Å². The number of hydrogen-bond acceptors (Lipinski definition) is 6. The van der Waals surface area contributed by atoms with Crippen LogP contribution in [-0.2, 0) is 12.8 Å². The fourth-order valence-corrected chi connectivity index (χ4v) is 2.94. The smallest absolute Gasteiger partial charge is 0.220 e. The van der Waals surface area contributed by atoms with Crippen molar-refractivity contribution in [3.8, 4) is 28.7 Å². The average molecular weight is 487 g/mol. The average Bonchev–Trinajstić information content (AvgIpc) is 2.76. The molecule has 0 amide bonds. The predicted octanol–water partition coefficient (Wildman–Crippen LogP) is -0.591. The molecule has 0 heterocycles. The van der Waals surface area contributed by atoms with Crippen LogP contribution in [0.25, 0.3) is 0 Å². The van der Waals surface area contributed by atoms with E-state index in [1.165, 1.54) is 17.0 Å². The molecule has 0 atom stereocenters. The van der Waals surface area contributed by atoms with Crippen molar-refractivity contribution in [1.29, 1.82) is 5.41 Å². The van der Waals surface area contributed by atoms with E-state index in [9.17, 15) is 15.3 Å². The fourth-order valence-electron chi connectivity index (χ4n) is 2.94. The zero-order valence-electron chi connectivity index (χ0n) is 19.1. The van der Waals surface area contributed by atoms with Gasteiger partial charge in [0.05, 0.1) is 0 Å². The van der Waals surface area contributed by atoms with Crippen LogP contribution in [0.2, 0.25) is 0 Å². The van der Waals surface area contributed by atoms with Crippen molar-refractivity contribution >= 4 is 23.8 Å². The van der Waals surface area contributed by atoms with E-state index in [1.807, 2.05) is 0 Å². The Morgan fingerprint density at radius 1 is 0.943 bits per heavy atom. The van der Waals surface area contributed by atoms with Crippen LogP contribution in [0.3, 0.4) is 0 Å². The Balaban J connectivity index is 2.16. The molecule has 188 valence electrons. The molecule has 0 aliphatic carbocycles. The van der Waals surface area contributed by atoms with Crippen LogP contribution in [0.1, 0.15) is 11.1 Å². The summed E-state index contributed by atoms with van der Waals surface area (Å²) >= 11 is 0. The number of rotatable bonds is 8. The number of phenolic OH excluding ortho intramolecular Hbond substituents is 3. The number of guanidine groups is 4. The number of nitrogens with zero attached hydrogens (tertiary/aromatic N) is 4. The summed E-state index contributed by atoms with van der Waals surface area (Å²) in [6, 6.07) is 7.65. The summed E-state index contributed by atoms with van der Waals surface area (Å²) in [6.07, 6.45) is 0.556. The molecule has 0 aliphatic rings. The Labute approximate surface area is 201 Å². The highest BCUT2D eigenvalue weighted by Crippen LogP contribution is 2.39. The van der Waals surface area contributed by atoms with Crippen molar-refractivity contribution < 1.29 is 20.1 Å². The van der Waals surface area contributed by atoms with E-state index in [1.54, 1.807) is 25.2 Å². The number of hydrogen-bond donors (Lipinski definition) is 9. The lowest BCUT2D eigenvalue weighted by Crippen LogP contribution is -2.31. The second kappa shape index (κ2) is 11.8. The van der Waals surface area contributed by atoms with Crippen LogP contribution in [0.15, 0.2) is 45.3 Å². The molecule has 2 rings (SSSR count). The van der Waals surface area contributed by atoms with E-state index >= 15 is 0 Å². The summed E-state index contributed by atoms with van der Waals surface area (Å²) in [5.41, 5.74) is 27.5. The molecule has 0 unspecified atom stereocenters. The van der Waals surface area contributed by atoms with Gasteiger partial charge in [0.15, 0.2) is 34.9 Å². The van der Waals surface area contributed by atoms with E-state index < -0.39 is 5.75 Å². The lowest BCUT2D eigenvalue weighted by Gasteiger charge is -2.18. The first-order valence-corrected chi connectivity index (χ1v) is 10.3. The minimum absolute atomic E-state index is 0.0805. The summed E-state index contributed by atoms with van der Waals surface area (Å²) in [4.78, 5) is 12.7. The third-order valence-electron chi connectivity index (χ3n) is 4.66. The van der Waals surface area contributed by atoms with Gasteiger partial charge in [0.2, 0.25) is 11.9 Å². The van der Waals surface area contributed by atoms with E-state index in [-0.39, 0.29) is 66.3 Å². The first-order valence-electron chi connectivity index (χ1n) is 10.3. The maximum Gasteiger partial charge on any atom is 0.220 e. The first-order chi connectivity index (χ1) is 16.5. The molecule has 14 N–H and O–H groups in total. The Kier molecular flexibility index (Phi) is 8.91. The second-order valence-electron chi connectivity index (χ2n) is 7.37. The Bertz CT molecular complexity index is 1160. The molecule has 2 aromatic rings. The van der Waals surface area contributed by atoms with Crippen molar-refractivity contribution in [1.82, 2.24) is 4.90 Å². The second-order valence-corrected chi connectivity index (χ2v) is 7.37. The highest BCUT2D eigenvalue weighted by atomic mass is 16.5. The zero-order chi connectivity index (χ0) is 26.1. The minimum Gasteiger partial charge on any atom is -0.504 e. The summed E-state index contributed by atoms with van der Waals surface area (Å²) < 4.78 is 5.77. The van der Waals surface area contributed by atoms with Crippen LogP contribution < -0.4 is 33.4 Å². The number of phenols is 3. The first kappa shape index (κ1) is 26.4. The van der Waals surface area contributed by atoms with Gasteiger partial charge in [-0.15, -0.1) is 0 Å². The molecular weight excluding hydrogens is 456 g/mol. The van der Waals surface area contributed by atoms with Crippen LogP contribution >= 0.6 is 0 Å². The largest absolute Gasteiger partial charge is 0.504 e. The summed E-state index contributed by atoms with van der Waals surface area (Å²) in [5.74, 6) is -1.24. The van der Waals surface area contributed by atoms with Gasteiger partial charge in [0.25, 0.3) is 0 Å². The number of likely N-dealkylation sites (N-methyl/N-ethyl adjacent to an activating group) is 1. The van der Waals surface area contributed by atoms with Gasteiger partial charge in [-0.25, -0.2) is 0 Å². The standard InChI is InChI=1S/C21H30N10O4/c1-31(21(27)30-19(24)25)8-6-12-9-13(10-14(32)16(12)33)35-15-4-2-3-11(17(15)34)5-7-28-20(26)29-18(22)23/h2-4,9-10,32-34H,5-8H2,1H3,(H5,24,25,27,30)(H6,22,23,26,28,29). The van der Waals surface area contributed by atoms with E-state index in [0.29, 0.717) is 17.5 Å². The number of benzene rings is 2. The quantitative estimate of drug-likeness (QED) is 0.130. The Hall–Kier alpha value is -4.88. The van der Waals surface area contributed by atoms with Crippen molar-refractivity contribution in [2.45, 2.75) is 12.8 Å². The third kappa shape index (κ3) is 7.88. The van der Waals surface area contributed by atoms with Gasteiger partial charge in [0, 0.05) is 31.8 Å². The monoisotopic (exact) mass is 486 g/mol. The highest BCUT2D eigenvalue weighted by molar-refractivity contribution is 5.92. The normalized spacial score (nSPS) is 10.9. The van der Waals surface area contributed by atoms with Gasteiger partial charge >= 0.3 is 0 Å². The SMILES string of the molecule is CN(CCc1cc(Oc2cccc(CCN=C(N)N=C(N)N)c2O)cc(O)c1O)C(=N)N=C(N)N. The van der Waals surface area contributed by atoms with E-state index in [2.05, 4.69) is 15.0 Å². The van der Waals surface area contributed by atoms with Crippen molar-refractivity contribution in [2.75, 3.05) is 20.1 Å². The highest BCUT2D eigenvalue weighted by Gasteiger charge is 2.15. The van der Waals surface area contributed by atoms with Crippen LogP contribution in [0.5, 0.6) is 28.7 Å². The number of para-hydroxylation sites is 1. The molecule has 0 saturated carbocycles. The predicted molar refractivity (Wildman–Crippen MR) is 134 cm³/mol. The molecule has 0 aliphatic heterocycles. The maximum absolute atomic E-state index is 10.6. The van der Waals surface area contributed by atoms with Crippen molar-refractivity contribution in [2.24, 2.45) is 43.6 Å². The zero-order valence-corrected chi connectivity index (χ0v) is 19.1. The molecule has 0 fully saturated rings. The van der Waals surface area contributed by atoms with Gasteiger partial charge in [-0.2, -0.15) is 9.98 Å². The number of aliphatic imine (C=N–C) groups is 3. The fraction of sp³-hybridized carbons (Fsp3) is 0.238. The minimum atomic E-state index is -0.403. The molecule has 2 aromatic carbocycles. The van der Waals surface area contributed by atoms with Crippen LogP contribution in [-0.4, -0.2) is 64.2 Å². The molecule has 0 spiro atoms. The van der Waals surface area contributed by atoms with Gasteiger partial charge in [-0.05, 0) is 30.5 Å². The van der Waals surface area contributed by atoms with Crippen LogP contribution in [0, 0.1) is 5.41 Å². The molecule has 14 heteroatoms. The third-order valence-corrected chi connectivity index (χ3v) is 4.66. The molecule has 0 aromatic heterocycles. The summed E-state index contributed by atoms with van der Waals surface area (Å²) in [6.45, 7) is 0.475. The summed E-state index contributed by atoms with van der Waals surface area (Å²) in [7, 11) is 1.60. The molecule has 0 radical (unpaired) electrons. The molecule has 0 bridgehead atoms. The van der Waals surface area contributed by atoms with Gasteiger partial charge < -0.3 is 53.6 Å². The number of aromatic hydroxyl groups is 3. The van der Waals surface area contributed by atoms with Gasteiger partial charge in [-0.3, -0.25) is 10.4 Å². The Morgan fingerprint density at radius 2 is 1.63 bits per heavy atom. The lowest BCUT2D eigenvalue weighted by atomic mass is 10.1. The number of ether oxygens (including phenoxy) is 1. The van der Waals surface area contributed by atoms with Gasteiger partial charge in [-0.1, -0.05) is 12.1 Å².